The van der Waals surface area contributed by atoms with Crippen molar-refractivity contribution in [1.29, 1.82) is 0 Å². The van der Waals surface area contributed by atoms with E-state index in [1.165, 1.54) is 16.4 Å². The highest BCUT2D eigenvalue weighted by atomic mass is 79.9. The quantitative estimate of drug-likeness (QED) is 0.717. The van der Waals surface area contributed by atoms with Gasteiger partial charge in [-0.3, -0.25) is 4.79 Å². The third-order valence-corrected chi connectivity index (χ3v) is 6.68. The molecule has 0 unspecified atom stereocenters. The smallest absolute Gasteiger partial charge is 0.255 e. The molecule has 8 heteroatoms. The molecule has 2 aromatic rings. The molecule has 0 saturated carbocycles. The molecule has 5 nitrogen and oxygen atoms in total. The number of rotatable bonds is 6. The molecular formula is C17H18BrClN2O3S. The van der Waals surface area contributed by atoms with Crippen molar-refractivity contribution in [1.82, 2.24) is 4.31 Å². The van der Waals surface area contributed by atoms with Gasteiger partial charge in [-0.15, -0.1) is 0 Å². The molecule has 25 heavy (non-hydrogen) atoms. The van der Waals surface area contributed by atoms with E-state index in [0.717, 1.165) is 4.47 Å². The minimum Gasteiger partial charge on any atom is -0.322 e. The molecule has 2 aromatic carbocycles. The monoisotopic (exact) mass is 444 g/mol. The normalized spacial score (nSPS) is 11.6. The molecule has 0 aliphatic rings. The van der Waals surface area contributed by atoms with Crippen molar-refractivity contribution in [2.45, 2.75) is 18.7 Å². The minimum absolute atomic E-state index is 0.0218. The van der Waals surface area contributed by atoms with Crippen molar-refractivity contribution in [3.8, 4) is 0 Å². The molecule has 0 fully saturated rings. The number of sulfonamides is 1. The summed E-state index contributed by atoms with van der Waals surface area (Å²) in [5.74, 6) is -0.332. The molecule has 134 valence electrons. The fraction of sp³-hybridized carbons (Fsp3) is 0.235. The van der Waals surface area contributed by atoms with E-state index in [-0.39, 0.29) is 15.8 Å². The van der Waals surface area contributed by atoms with E-state index in [4.69, 9.17) is 11.6 Å². The number of carbonyl (C=O) groups excluding carboxylic acids is 1. The predicted molar refractivity (Wildman–Crippen MR) is 104 cm³/mol. The first-order valence-corrected chi connectivity index (χ1v) is 10.3. The van der Waals surface area contributed by atoms with Gasteiger partial charge < -0.3 is 5.32 Å². The summed E-state index contributed by atoms with van der Waals surface area (Å²) in [4.78, 5) is 12.3. The van der Waals surface area contributed by atoms with Crippen LogP contribution in [-0.4, -0.2) is 31.7 Å². The van der Waals surface area contributed by atoms with Gasteiger partial charge in [0, 0.05) is 28.8 Å². The minimum atomic E-state index is -3.72. The molecule has 0 aliphatic heterocycles. The van der Waals surface area contributed by atoms with Crippen LogP contribution in [0.5, 0.6) is 0 Å². The summed E-state index contributed by atoms with van der Waals surface area (Å²) in [6.45, 7) is 4.19. The standard InChI is InChI=1S/C17H18BrClN2O3S/c1-3-21(4-2)25(23,24)16-11-14(9-10-15(16)19)20-17(22)12-5-7-13(18)8-6-12/h5-11H,3-4H2,1-2H3,(H,20,22). The topological polar surface area (TPSA) is 66.5 Å². The highest BCUT2D eigenvalue weighted by Gasteiger charge is 2.25. The number of nitrogens with zero attached hydrogens (tertiary/aromatic N) is 1. The van der Waals surface area contributed by atoms with Crippen LogP contribution in [-0.2, 0) is 10.0 Å². The maximum absolute atomic E-state index is 12.7. The molecule has 0 bridgehead atoms. The largest absolute Gasteiger partial charge is 0.322 e. The lowest BCUT2D eigenvalue weighted by atomic mass is 10.2. The van der Waals surface area contributed by atoms with E-state index in [9.17, 15) is 13.2 Å². The predicted octanol–water partition coefficient (Wildman–Crippen LogP) is 4.39. The summed E-state index contributed by atoms with van der Waals surface area (Å²) >= 11 is 9.40. The fourth-order valence-corrected chi connectivity index (χ4v) is 4.51. The van der Waals surface area contributed by atoms with E-state index in [2.05, 4.69) is 21.2 Å². The molecule has 0 radical (unpaired) electrons. The van der Waals surface area contributed by atoms with Crippen molar-refractivity contribution in [2.75, 3.05) is 18.4 Å². The molecule has 0 heterocycles. The Labute approximate surface area is 161 Å². The van der Waals surface area contributed by atoms with Crippen molar-refractivity contribution in [3.63, 3.8) is 0 Å². The highest BCUT2D eigenvalue weighted by Crippen LogP contribution is 2.28. The van der Waals surface area contributed by atoms with Crippen LogP contribution in [0.25, 0.3) is 0 Å². The average molecular weight is 446 g/mol. The summed E-state index contributed by atoms with van der Waals surface area (Å²) in [6, 6.07) is 11.3. The van der Waals surface area contributed by atoms with Crippen LogP contribution in [0.2, 0.25) is 5.02 Å². The van der Waals surface area contributed by atoms with Gasteiger partial charge in [0.2, 0.25) is 10.0 Å². The number of anilines is 1. The van der Waals surface area contributed by atoms with E-state index >= 15 is 0 Å². The van der Waals surface area contributed by atoms with Crippen LogP contribution in [0.4, 0.5) is 5.69 Å². The molecule has 0 aliphatic carbocycles. The van der Waals surface area contributed by atoms with Gasteiger partial charge >= 0.3 is 0 Å². The van der Waals surface area contributed by atoms with Crippen LogP contribution < -0.4 is 5.32 Å². The van der Waals surface area contributed by atoms with Gasteiger partial charge in [0.15, 0.2) is 0 Å². The van der Waals surface area contributed by atoms with Crippen LogP contribution in [0, 0.1) is 0 Å². The molecule has 0 saturated heterocycles. The van der Waals surface area contributed by atoms with E-state index in [0.29, 0.717) is 24.3 Å². The molecular weight excluding hydrogens is 428 g/mol. The first kappa shape index (κ1) is 19.9. The number of benzene rings is 2. The summed E-state index contributed by atoms with van der Waals surface area (Å²) in [6.07, 6.45) is 0. The molecule has 2 rings (SSSR count). The third-order valence-electron chi connectivity index (χ3n) is 3.62. The number of carbonyl (C=O) groups is 1. The van der Waals surface area contributed by atoms with Crippen molar-refractivity contribution < 1.29 is 13.2 Å². The Hall–Kier alpha value is -1.41. The number of halogens is 2. The van der Waals surface area contributed by atoms with Crippen LogP contribution in [0.3, 0.4) is 0 Å². The molecule has 1 amide bonds. The van der Waals surface area contributed by atoms with E-state index in [1.807, 2.05) is 0 Å². The number of hydrogen-bond acceptors (Lipinski definition) is 3. The zero-order valence-electron chi connectivity index (χ0n) is 13.8. The Morgan fingerprint density at radius 1 is 1.12 bits per heavy atom. The summed E-state index contributed by atoms with van der Waals surface area (Å²) in [7, 11) is -3.72. The van der Waals surface area contributed by atoms with Gasteiger partial charge in [0.1, 0.15) is 4.90 Å². The second kappa shape index (κ2) is 8.31. The van der Waals surface area contributed by atoms with Gasteiger partial charge in [0.25, 0.3) is 5.91 Å². The van der Waals surface area contributed by atoms with E-state index < -0.39 is 10.0 Å². The lowest BCUT2D eigenvalue weighted by molar-refractivity contribution is 0.102. The van der Waals surface area contributed by atoms with Crippen molar-refractivity contribution in [2.24, 2.45) is 0 Å². The lowest BCUT2D eigenvalue weighted by Gasteiger charge is -2.19. The van der Waals surface area contributed by atoms with E-state index in [1.54, 1.807) is 44.2 Å². The number of nitrogens with one attached hydrogen (secondary N) is 1. The second-order valence-electron chi connectivity index (χ2n) is 5.20. The summed E-state index contributed by atoms with van der Waals surface area (Å²) in [5.41, 5.74) is 0.828. The Morgan fingerprint density at radius 2 is 1.72 bits per heavy atom. The fourth-order valence-electron chi connectivity index (χ4n) is 2.29. The van der Waals surface area contributed by atoms with Gasteiger partial charge in [-0.05, 0) is 42.5 Å². The maximum Gasteiger partial charge on any atom is 0.255 e. The van der Waals surface area contributed by atoms with Crippen LogP contribution >= 0.6 is 27.5 Å². The van der Waals surface area contributed by atoms with Gasteiger partial charge in [-0.25, -0.2) is 8.42 Å². The number of amides is 1. The molecule has 0 atom stereocenters. The highest BCUT2D eigenvalue weighted by molar-refractivity contribution is 9.10. The Morgan fingerprint density at radius 3 is 2.28 bits per heavy atom. The maximum atomic E-state index is 12.7. The van der Waals surface area contributed by atoms with Gasteiger partial charge in [-0.1, -0.05) is 41.4 Å². The van der Waals surface area contributed by atoms with Gasteiger partial charge in [-0.2, -0.15) is 4.31 Å². The first-order chi connectivity index (χ1) is 11.8. The SMILES string of the molecule is CCN(CC)S(=O)(=O)c1cc(NC(=O)c2ccc(Br)cc2)ccc1Cl. The zero-order chi connectivity index (χ0) is 18.6. The molecule has 0 aromatic heterocycles. The van der Waals surface area contributed by atoms with Gasteiger partial charge in [0.05, 0.1) is 5.02 Å². The van der Waals surface area contributed by atoms with Crippen LogP contribution in [0.15, 0.2) is 51.8 Å². The Bertz CT molecular complexity index is 866. The first-order valence-electron chi connectivity index (χ1n) is 7.66. The molecule has 1 N–H and O–H groups in total. The summed E-state index contributed by atoms with van der Waals surface area (Å²) in [5, 5.41) is 2.82. The third kappa shape index (κ3) is 4.61. The Balaban J connectivity index is 2.33. The van der Waals surface area contributed by atoms with Crippen molar-refractivity contribution >= 4 is 49.1 Å². The average Bonchev–Trinajstić information content (AvgIpc) is 2.57. The Kier molecular flexibility index (Phi) is 6.62. The molecule has 0 spiro atoms. The van der Waals surface area contributed by atoms with Crippen molar-refractivity contribution in [3.05, 3.63) is 57.5 Å². The second-order valence-corrected chi connectivity index (χ2v) is 8.42. The zero-order valence-corrected chi connectivity index (χ0v) is 17.0. The summed E-state index contributed by atoms with van der Waals surface area (Å²) < 4.78 is 27.5. The van der Waals surface area contributed by atoms with Crippen LogP contribution in [0.1, 0.15) is 24.2 Å². The lowest BCUT2D eigenvalue weighted by Crippen LogP contribution is -2.30. The number of hydrogen-bond donors (Lipinski definition) is 1.